The quantitative estimate of drug-likeness (QED) is 0.863. The lowest BCUT2D eigenvalue weighted by Gasteiger charge is -2.20. The third-order valence-corrected chi connectivity index (χ3v) is 3.95. The van der Waals surface area contributed by atoms with Gasteiger partial charge in [-0.2, -0.15) is 0 Å². The number of halogens is 2. The molecule has 0 bridgehead atoms. The molecule has 96 valence electrons. The van der Waals surface area contributed by atoms with Gasteiger partial charge in [-0.1, -0.05) is 12.1 Å². The second-order valence-corrected chi connectivity index (χ2v) is 5.27. The van der Waals surface area contributed by atoms with Gasteiger partial charge in [-0.25, -0.2) is 8.78 Å². The van der Waals surface area contributed by atoms with Gasteiger partial charge in [-0.3, -0.25) is 0 Å². The van der Waals surface area contributed by atoms with Crippen molar-refractivity contribution < 1.29 is 8.78 Å². The average molecular weight is 267 g/mol. The molecule has 2 atom stereocenters. The number of thiophene rings is 1. The van der Waals surface area contributed by atoms with E-state index in [2.05, 4.69) is 5.32 Å². The maximum absolute atomic E-state index is 13.6. The summed E-state index contributed by atoms with van der Waals surface area (Å²) in [5, 5.41) is 5.32. The highest BCUT2D eigenvalue weighted by Gasteiger charge is 2.15. The largest absolute Gasteiger partial charge is 0.303 e. The molecule has 4 heteroatoms. The Kier molecular flexibility index (Phi) is 4.09. The Labute approximate surface area is 109 Å². The molecule has 2 aromatic rings. The first-order valence-electron chi connectivity index (χ1n) is 5.82. The van der Waals surface area contributed by atoms with Crippen LogP contribution < -0.4 is 5.32 Å². The van der Waals surface area contributed by atoms with Gasteiger partial charge in [0.15, 0.2) is 0 Å². The molecule has 0 saturated carbocycles. The zero-order valence-corrected chi connectivity index (χ0v) is 11.1. The van der Waals surface area contributed by atoms with Crippen molar-refractivity contribution in [3.05, 3.63) is 57.8 Å². The summed E-state index contributed by atoms with van der Waals surface area (Å²) >= 11 is 1.66. The Morgan fingerprint density at radius 3 is 2.50 bits per heavy atom. The molecule has 1 aromatic carbocycles. The normalized spacial score (nSPS) is 14.4. The predicted molar refractivity (Wildman–Crippen MR) is 70.6 cm³/mol. The lowest BCUT2D eigenvalue weighted by Crippen LogP contribution is -2.22. The van der Waals surface area contributed by atoms with Crippen LogP contribution in [-0.4, -0.2) is 0 Å². The van der Waals surface area contributed by atoms with Crippen molar-refractivity contribution in [3.8, 4) is 0 Å². The number of benzene rings is 1. The van der Waals surface area contributed by atoms with Crippen LogP contribution >= 0.6 is 11.3 Å². The molecule has 0 saturated heterocycles. The summed E-state index contributed by atoms with van der Waals surface area (Å²) in [4.78, 5) is 1.20. The van der Waals surface area contributed by atoms with E-state index >= 15 is 0 Å². The first-order chi connectivity index (χ1) is 8.58. The minimum atomic E-state index is -0.547. The Balaban J connectivity index is 2.10. The molecule has 0 aliphatic heterocycles. The zero-order chi connectivity index (χ0) is 13.1. The van der Waals surface area contributed by atoms with E-state index in [9.17, 15) is 8.78 Å². The second kappa shape index (κ2) is 5.59. The molecule has 0 spiro atoms. The standard InChI is InChI=1S/C14H15F2NS/c1-9(12-6-5-11(15)8-13(12)16)17-10(2)14-4-3-7-18-14/h3-10,17H,1-2H3/t9?,10-/m1/s1. The smallest absolute Gasteiger partial charge is 0.130 e. The Hall–Kier alpha value is -1.26. The first-order valence-corrected chi connectivity index (χ1v) is 6.70. The third-order valence-electron chi connectivity index (χ3n) is 2.90. The van der Waals surface area contributed by atoms with Gasteiger partial charge in [-0.05, 0) is 31.4 Å². The summed E-state index contributed by atoms with van der Waals surface area (Å²) < 4.78 is 26.5. The van der Waals surface area contributed by atoms with Crippen LogP contribution in [0.1, 0.15) is 36.4 Å². The Morgan fingerprint density at radius 1 is 1.11 bits per heavy atom. The van der Waals surface area contributed by atoms with Gasteiger partial charge in [0, 0.05) is 28.6 Å². The fraction of sp³-hybridized carbons (Fsp3) is 0.286. The summed E-state index contributed by atoms with van der Waals surface area (Å²) in [6.07, 6.45) is 0. The maximum atomic E-state index is 13.6. The lowest BCUT2D eigenvalue weighted by molar-refractivity contribution is 0.474. The van der Waals surface area contributed by atoms with Crippen molar-refractivity contribution in [3.63, 3.8) is 0 Å². The van der Waals surface area contributed by atoms with Gasteiger partial charge in [0.1, 0.15) is 11.6 Å². The Morgan fingerprint density at radius 2 is 1.89 bits per heavy atom. The van der Waals surface area contributed by atoms with Gasteiger partial charge in [0.25, 0.3) is 0 Å². The van der Waals surface area contributed by atoms with Crippen molar-refractivity contribution in [1.82, 2.24) is 5.32 Å². The highest BCUT2D eigenvalue weighted by atomic mass is 32.1. The molecule has 0 amide bonds. The van der Waals surface area contributed by atoms with Gasteiger partial charge >= 0.3 is 0 Å². The molecule has 0 aliphatic rings. The molecular formula is C14H15F2NS. The van der Waals surface area contributed by atoms with Crippen LogP contribution in [0.4, 0.5) is 8.78 Å². The lowest BCUT2D eigenvalue weighted by atomic mass is 10.1. The molecule has 0 radical (unpaired) electrons. The van der Waals surface area contributed by atoms with E-state index < -0.39 is 11.6 Å². The number of rotatable bonds is 4. The fourth-order valence-corrected chi connectivity index (χ4v) is 2.68. The van der Waals surface area contributed by atoms with Crippen molar-refractivity contribution in [2.24, 2.45) is 0 Å². The molecule has 1 N–H and O–H groups in total. The summed E-state index contributed by atoms with van der Waals surface area (Å²) in [6.45, 7) is 3.91. The third kappa shape index (κ3) is 2.94. The minimum absolute atomic E-state index is 0.143. The predicted octanol–water partition coefficient (Wildman–Crippen LogP) is 4.44. The average Bonchev–Trinajstić information content (AvgIpc) is 2.81. The highest BCUT2D eigenvalue weighted by molar-refractivity contribution is 7.10. The van der Waals surface area contributed by atoms with Crippen LogP contribution in [0.3, 0.4) is 0 Å². The fourth-order valence-electron chi connectivity index (χ4n) is 1.94. The SMILES string of the molecule is CC(N[C@H](C)c1cccs1)c1ccc(F)cc1F. The molecule has 1 unspecified atom stereocenters. The van der Waals surface area contributed by atoms with Crippen molar-refractivity contribution in [1.29, 1.82) is 0 Å². The molecular weight excluding hydrogens is 252 g/mol. The summed E-state index contributed by atoms with van der Waals surface area (Å²) in [7, 11) is 0. The van der Waals surface area contributed by atoms with Crippen molar-refractivity contribution in [2.45, 2.75) is 25.9 Å². The van der Waals surface area contributed by atoms with Gasteiger partial charge < -0.3 is 5.32 Å². The molecule has 1 aromatic heterocycles. The van der Waals surface area contributed by atoms with Crippen LogP contribution in [-0.2, 0) is 0 Å². The Bertz CT molecular complexity index is 511. The van der Waals surface area contributed by atoms with E-state index in [1.165, 1.54) is 17.0 Å². The second-order valence-electron chi connectivity index (χ2n) is 4.29. The van der Waals surface area contributed by atoms with E-state index in [0.29, 0.717) is 5.56 Å². The molecule has 0 fully saturated rings. The zero-order valence-electron chi connectivity index (χ0n) is 10.3. The van der Waals surface area contributed by atoms with E-state index in [0.717, 1.165) is 6.07 Å². The number of hydrogen-bond acceptors (Lipinski definition) is 2. The van der Waals surface area contributed by atoms with Crippen LogP contribution in [0.25, 0.3) is 0 Å². The highest BCUT2D eigenvalue weighted by Crippen LogP contribution is 2.24. The van der Waals surface area contributed by atoms with E-state index in [1.807, 2.05) is 31.4 Å². The van der Waals surface area contributed by atoms with Crippen molar-refractivity contribution in [2.75, 3.05) is 0 Å². The molecule has 2 rings (SSSR count). The van der Waals surface area contributed by atoms with Crippen LogP contribution in [0.15, 0.2) is 35.7 Å². The molecule has 0 aliphatic carbocycles. The minimum Gasteiger partial charge on any atom is -0.303 e. The van der Waals surface area contributed by atoms with E-state index in [4.69, 9.17) is 0 Å². The van der Waals surface area contributed by atoms with Gasteiger partial charge in [-0.15, -0.1) is 11.3 Å². The van der Waals surface area contributed by atoms with Crippen LogP contribution in [0.2, 0.25) is 0 Å². The molecule has 1 nitrogen and oxygen atoms in total. The maximum Gasteiger partial charge on any atom is 0.130 e. The van der Waals surface area contributed by atoms with Crippen molar-refractivity contribution >= 4 is 11.3 Å². The first kappa shape index (κ1) is 13.2. The molecule has 18 heavy (non-hydrogen) atoms. The van der Waals surface area contributed by atoms with E-state index in [-0.39, 0.29) is 12.1 Å². The summed E-state index contributed by atoms with van der Waals surface area (Å²) in [5.41, 5.74) is 0.486. The summed E-state index contributed by atoms with van der Waals surface area (Å²) in [5.74, 6) is -1.05. The van der Waals surface area contributed by atoms with Crippen LogP contribution in [0, 0.1) is 11.6 Å². The van der Waals surface area contributed by atoms with Gasteiger partial charge in [0.05, 0.1) is 0 Å². The van der Waals surface area contributed by atoms with E-state index in [1.54, 1.807) is 11.3 Å². The monoisotopic (exact) mass is 267 g/mol. The summed E-state index contributed by atoms with van der Waals surface area (Å²) in [6, 6.07) is 7.70. The number of hydrogen-bond donors (Lipinski definition) is 1. The number of nitrogens with one attached hydrogen (secondary N) is 1. The van der Waals surface area contributed by atoms with Gasteiger partial charge in [0.2, 0.25) is 0 Å². The molecule has 1 heterocycles. The van der Waals surface area contributed by atoms with Crippen LogP contribution in [0.5, 0.6) is 0 Å². The topological polar surface area (TPSA) is 12.0 Å².